The molecule has 0 amide bonds. The molecule has 2 atom stereocenters. The second kappa shape index (κ2) is 5.26. The number of allylic oxidation sites excluding steroid dienone is 1. The Morgan fingerprint density at radius 2 is 2.19 bits per heavy atom. The quantitative estimate of drug-likeness (QED) is 0.840. The molecule has 0 radical (unpaired) electrons. The van der Waals surface area contributed by atoms with Crippen LogP contribution in [0.4, 0.5) is 0 Å². The highest BCUT2D eigenvalue weighted by Gasteiger charge is 2.34. The summed E-state index contributed by atoms with van der Waals surface area (Å²) in [6.07, 6.45) is 5.56. The van der Waals surface area contributed by atoms with E-state index >= 15 is 0 Å². The van der Waals surface area contributed by atoms with Gasteiger partial charge in [-0.15, -0.1) is 11.3 Å². The molecule has 4 rings (SSSR count). The fraction of sp³-hybridized carbons (Fsp3) is 0.474. The van der Waals surface area contributed by atoms with Crippen LogP contribution in [0.25, 0.3) is 15.7 Å². The van der Waals surface area contributed by atoms with Crippen LogP contribution in [-0.2, 0) is 0 Å². The number of aryl methyl sites for hydroxylation is 1. The first-order valence-electron chi connectivity index (χ1n) is 8.11. The van der Waals surface area contributed by atoms with E-state index in [9.17, 15) is 0 Å². The maximum absolute atomic E-state index is 3.39. The van der Waals surface area contributed by atoms with Crippen LogP contribution in [0.3, 0.4) is 0 Å². The first-order valence-corrected chi connectivity index (χ1v) is 8.99. The maximum atomic E-state index is 3.39. The van der Waals surface area contributed by atoms with Crippen LogP contribution >= 0.6 is 11.3 Å². The molecular weight excluding hydrogens is 274 g/mol. The highest BCUT2D eigenvalue weighted by molar-refractivity contribution is 7.17. The van der Waals surface area contributed by atoms with Crippen LogP contribution in [-0.4, -0.2) is 13.6 Å². The van der Waals surface area contributed by atoms with Crippen molar-refractivity contribution in [2.24, 2.45) is 11.8 Å². The molecule has 2 heteroatoms. The van der Waals surface area contributed by atoms with Crippen molar-refractivity contribution in [3.8, 4) is 0 Å². The summed E-state index contributed by atoms with van der Waals surface area (Å²) >= 11 is 1.87. The maximum Gasteiger partial charge on any atom is 0.0345 e. The zero-order valence-electron chi connectivity index (χ0n) is 12.9. The van der Waals surface area contributed by atoms with Gasteiger partial charge in [0.05, 0.1) is 0 Å². The van der Waals surface area contributed by atoms with Gasteiger partial charge in [-0.2, -0.15) is 0 Å². The molecule has 1 heterocycles. The number of fused-ring (bicyclic) bond motifs is 3. The average molecular weight is 297 g/mol. The third-order valence-corrected chi connectivity index (χ3v) is 6.42. The van der Waals surface area contributed by atoms with E-state index in [-0.39, 0.29) is 0 Å². The fourth-order valence-corrected chi connectivity index (χ4v) is 5.34. The average Bonchev–Trinajstić information content (AvgIpc) is 3.04. The van der Waals surface area contributed by atoms with Crippen molar-refractivity contribution in [3.63, 3.8) is 0 Å². The lowest BCUT2D eigenvalue weighted by atomic mass is 9.79. The number of rotatable bonds is 3. The third kappa shape index (κ3) is 2.25. The van der Waals surface area contributed by atoms with Crippen molar-refractivity contribution in [1.29, 1.82) is 0 Å². The van der Waals surface area contributed by atoms with Gasteiger partial charge in [0.2, 0.25) is 0 Å². The predicted octanol–water partition coefficient (Wildman–Crippen LogP) is 5.00. The normalized spacial score (nSPS) is 25.0. The number of hydrogen-bond acceptors (Lipinski definition) is 2. The molecule has 1 aromatic heterocycles. The van der Waals surface area contributed by atoms with E-state index in [0.717, 1.165) is 18.4 Å². The van der Waals surface area contributed by atoms with Gasteiger partial charge in [0, 0.05) is 11.2 Å². The lowest BCUT2D eigenvalue weighted by molar-refractivity contribution is 0.502. The molecule has 1 nitrogen and oxygen atoms in total. The molecule has 1 N–H and O–H groups in total. The van der Waals surface area contributed by atoms with E-state index in [2.05, 4.69) is 42.9 Å². The van der Waals surface area contributed by atoms with Crippen LogP contribution in [0.15, 0.2) is 29.2 Å². The largest absolute Gasteiger partial charge is 0.316 e. The van der Waals surface area contributed by atoms with E-state index in [1.54, 1.807) is 11.1 Å². The zero-order valence-corrected chi connectivity index (χ0v) is 13.7. The topological polar surface area (TPSA) is 12.0 Å². The Morgan fingerprint density at radius 1 is 1.29 bits per heavy atom. The second-order valence-corrected chi connectivity index (χ2v) is 7.67. The minimum Gasteiger partial charge on any atom is -0.316 e. The molecular formula is C19H23NS. The molecule has 0 saturated heterocycles. The molecule has 1 fully saturated rings. The van der Waals surface area contributed by atoms with Gasteiger partial charge in [-0.25, -0.2) is 0 Å². The van der Waals surface area contributed by atoms with E-state index in [1.165, 1.54) is 46.9 Å². The van der Waals surface area contributed by atoms with Crippen LogP contribution in [0.5, 0.6) is 0 Å². The Hall–Kier alpha value is -1.12. The van der Waals surface area contributed by atoms with Crippen molar-refractivity contribution < 1.29 is 0 Å². The summed E-state index contributed by atoms with van der Waals surface area (Å²) in [5, 5.41) is 7.13. The minimum absolute atomic E-state index is 0.809. The Bertz CT molecular complexity index is 709. The number of likely N-dealkylation sites (N-methyl/N-ethyl adjacent to an activating group) is 1. The first-order chi connectivity index (χ1) is 10.3. The van der Waals surface area contributed by atoms with Crippen molar-refractivity contribution in [3.05, 3.63) is 40.3 Å². The van der Waals surface area contributed by atoms with Gasteiger partial charge in [-0.3, -0.25) is 0 Å². The summed E-state index contributed by atoms with van der Waals surface area (Å²) in [4.78, 5) is 0. The zero-order chi connectivity index (χ0) is 14.4. The molecule has 0 spiro atoms. The number of thiophene rings is 1. The first kappa shape index (κ1) is 13.5. The molecule has 2 aliphatic rings. The molecule has 2 aromatic rings. The Morgan fingerprint density at radius 3 is 3.05 bits per heavy atom. The summed E-state index contributed by atoms with van der Waals surface area (Å²) in [5.74, 6) is 1.76. The summed E-state index contributed by atoms with van der Waals surface area (Å²) < 4.78 is 1.42. The van der Waals surface area contributed by atoms with Crippen molar-refractivity contribution in [2.45, 2.75) is 32.6 Å². The third-order valence-electron chi connectivity index (χ3n) is 5.33. The lowest BCUT2D eigenvalue weighted by Gasteiger charge is -2.27. The molecule has 110 valence electrons. The van der Waals surface area contributed by atoms with Gasteiger partial charge in [-0.1, -0.05) is 11.6 Å². The predicted molar refractivity (Wildman–Crippen MR) is 92.9 cm³/mol. The standard InChI is InChI=1S/C19H23NS/c1-12-11-21-18-6-5-15(9-17(12)18)19-14-4-3-13(7-14)8-16(19)10-20-2/h5-6,9,11,13-14,20H,3-4,7-8,10H2,1-2H3. The van der Waals surface area contributed by atoms with E-state index in [4.69, 9.17) is 0 Å². The summed E-state index contributed by atoms with van der Waals surface area (Å²) in [6, 6.07) is 7.14. The lowest BCUT2D eigenvalue weighted by Crippen LogP contribution is -2.19. The second-order valence-electron chi connectivity index (χ2n) is 6.76. The van der Waals surface area contributed by atoms with Gasteiger partial charge in [0.1, 0.15) is 0 Å². The van der Waals surface area contributed by atoms with Gasteiger partial charge >= 0.3 is 0 Å². The Kier molecular flexibility index (Phi) is 3.39. The van der Waals surface area contributed by atoms with E-state index in [0.29, 0.717) is 0 Å². The Labute approximate surface area is 131 Å². The highest BCUT2D eigenvalue weighted by Crippen LogP contribution is 2.49. The van der Waals surface area contributed by atoms with Gasteiger partial charge in [0.25, 0.3) is 0 Å². The van der Waals surface area contributed by atoms with Crippen LogP contribution in [0.1, 0.15) is 36.8 Å². The number of hydrogen-bond donors (Lipinski definition) is 1. The van der Waals surface area contributed by atoms with Gasteiger partial charge in [-0.05, 0) is 91.1 Å². The van der Waals surface area contributed by atoms with Crippen molar-refractivity contribution >= 4 is 27.0 Å². The molecule has 2 aliphatic carbocycles. The fourth-order valence-electron chi connectivity index (χ4n) is 4.41. The molecule has 1 saturated carbocycles. The van der Waals surface area contributed by atoms with E-state index in [1.807, 2.05) is 11.3 Å². The molecule has 21 heavy (non-hydrogen) atoms. The smallest absolute Gasteiger partial charge is 0.0345 e. The van der Waals surface area contributed by atoms with Crippen LogP contribution in [0.2, 0.25) is 0 Å². The molecule has 2 bridgehead atoms. The molecule has 1 aromatic carbocycles. The SMILES string of the molecule is CNCC1=C(c2ccc3scc(C)c3c2)C2CCC(C1)C2. The summed E-state index contributed by atoms with van der Waals surface area (Å²) in [5.41, 5.74) is 6.25. The summed E-state index contributed by atoms with van der Waals surface area (Å²) in [6.45, 7) is 3.29. The van der Waals surface area contributed by atoms with Gasteiger partial charge in [0.15, 0.2) is 0 Å². The highest BCUT2D eigenvalue weighted by atomic mass is 32.1. The van der Waals surface area contributed by atoms with Crippen LogP contribution < -0.4 is 5.32 Å². The number of nitrogens with one attached hydrogen (secondary N) is 1. The van der Waals surface area contributed by atoms with Crippen molar-refractivity contribution in [2.75, 3.05) is 13.6 Å². The summed E-state index contributed by atoms with van der Waals surface area (Å²) in [7, 11) is 2.08. The Balaban J connectivity index is 1.85. The van der Waals surface area contributed by atoms with Gasteiger partial charge < -0.3 is 5.32 Å². The minimum atomic E-state index is 0.809. The molecule has 2 unspecified atom stereocenters. The molecule has 0 aliphatic heterocycles. The van der Waals surface area contributed by atoms with E-state index < -0.39 is 0 Å². The van der Waals surface area contributed by atoms with Crippen LogP contribution in [0, 0.1) is 18.8 Å². The number of benzene rings is 1. The van der Waals surface area contributed by atoms with Crippen molar-refractivity contribution in [1.82, 2.24) is 5.32 Å². The monoisotopic (exact) mass is 297 g/mol.